The molecule has 19 heavy (non-hydrogen) atoms. The van der Waals surface area contributed by atoms with E-state index in [1.807, 2.05) is 29.9 Å². The monoisotopic (exact) mass is 298 g/mol. The molecule has 0 bridgehead atoms. The van der Waals surface area contributed by atoms with Gasteiger partial charge in [-0.3, -0.25) is 0 Å². The lowest BCUT2D eigenvalue weighted by Gasteiger charge is -2.15. The van der Waals surface area contributed by atoms with Gasteiger partial charge < -0.3 is 15.0 Å². The van der Waals surface area contributed by atoms with E-state index >= 15 is 0 Å². The molecule has 1 aromatic heterocycles. The molecule has 2 rings (SSSR count). The second-order valence-electron chi connectivity index (χ2n) is 4.39. The normalized spacial score (nSPS) is 12.6. The van der Waals surface area contributed by atoms with Crippen LogP contribution in [0.5, 0.6) is 0 Å². The number of rotatable bonds is 5. The fraction of sp³-hybridized carbons (Fsp3) is 0.286. The van der Waals surface area contributed by atoms with Gasteiger partial charge in [0.25, 0.3) is 0 Å². The van der Waals surface area contributed by atoms with Gasteiger partial charge in [0, 0.05) is 47.6 Å². The lowest BCUT2D eigenvalue weighted by Crippen LogP contribution is -2.22. The average Bonchev–Trinajstić information content (AvgIpc) is 2.75. The van der Waals surface area contributed by atoms with E-state index in [-0.39, 0.29) is 0 Å². The predicted octanol–water partition coefficient (Wildman–Crippen LogP) is 3.16. The van der Waals surface area contributed by atoms with Crippen molar-refractivity contribution in [2.75, 3.05) is 6.54 Å². The number of aliphatic hydroxyl groups is 1. The van der Waals surface area contributed by atoms with E-state index in [2.05, 4.69) is 5.32 Å². The maximum Gasteiger partial charge on any atom is 0.0943 e. The highest BCUT2D eigenvalue weighted by Gasteiger charge is 2.14. The summed E-state index contributed by atoms with van der Waals surface area (Å²) in [5.74, 6) is 0. The van der Waals surface area contributed by atoms with Crippen LogP contribution in [0.1, 0.15) is 17.4 Å². The van der Waals surface area contributed by atoms with Gasteiger partial charge in [-0.05, 0) is 24.3 Å². The highest BCUT2D eigenvalue weighted by atomic mass is 35.5. The molecule has 0 aliphatic rings. The minimum absolute atomic E-state index is 0.397. The molecule has 0 saturated carbocycles. The van der Waals surface area contributed by atoms with Crippen molar-refractivity contribution < 1.29 is 5.11 Å². The van der Waals surface area contributed by atoms with Crippen LogP contribution in [0.3, 0.4) is 0 Å². The van der Waals surface area contributed by atoms with Gasteiger partial charge in [-0.15, -0.1) is 0 Å². The number of aryl methyl sites for hydroxylation is 1. The standard InChI is InChI=1S/C14H16Cl2N2O/c1-18-7-3-4-10(18)8-17-9-13(19)14-11(15)5-2-6-12(14)16/h2-7,13,17,19H,8-9H2,1H3. The van der Waals surface area contributed by atoms with Crippen molar-refractivity contribution in [3.63, 3.8) is 0 Å². The molecule has 0 spiro atoms. The van der Waals surface area contributed by atoms with Crippen molar-refractivity contribution >= 4 is 23.2 Å². The zero-order valence-electron chi connectivity index (χ0n) is 10.6. The van der Waals surface area contributed by atoms with Crippen molar-refractivity contribution in [3.8, 4) is 0 Å². The average molecular weight is 299 g/mol. The van der Waals surface area contributed by atoms with E-state index in [0.717, 1.165) is 5.69 Å². The summed E-state index contributed by atoms with van der Waals surface area (Å²) in [4.78, 5) is 0. The number of hydrogen-bond donors (Lipinski definition) is 2. The molecule has 0 aliphatic heterocycles. The first-order chi connectivity index (χ1) is 9.09. The third kappa shape index (κ3) is 3.51. The first-order valence-electron chi connectivity index (χ1n) is 6.02. The SMILES string of the molecule is Cn1cccc1CNCC(O)c1c(Cl)cccc1Cl. The number of aromatic nitrogens is 1. The van der Waals surface area contributed by atoms with E-state index in [4.69, 9.17) is 23.2 Å². The minimum Gasteiger partial charge on any atom is -0.387 e. The van der Waals surface area contributed by atoms with Crippen LogP contribution in [0.15, 0.2) is 36.5 Å². The molecule has 2 N–H and O–H groups in total. The summed E-state index contributed by atoms with van der Waals surface area (Å²) in [6.45, 7) is 1.08. The predicted molar refractivity (Wildman–Crippen MR) is 78.5 cm³/mol. The maximum absolute atomic E-state index is 10.1. The summed E-state index contributed by atoms with van der Waals surface area (Å²) in [5.41, 5.74) is 1.72. The van der Waals surface area contributed by atoms with Crippen LogP contribution < -0.4 is 5.32 Å². The fourth-order valence-corrected chi connectivity index (χ4v) is 2.60. The van der Waals surface area contributed by atoms with Crippen molar-refractivity contribution in [1.82, 2.24) is 9.88 Å². The number of nitrogens with one attached hydrogen (secondary N) is 1. The number of nitrogens with zero attached hydrogens (tertiary/aromatic N) is 1. The molecule has 0 amide bonds. The van der Waals surface area contributed by atoms with Gasteiger partial charge in [-0.2, -0.15) is 0 Å². The Morgan fingerprint density at radius 2 is 1.89 bits per heavy atom. The molecular weight excluding hydrogens is 283 g/mol. The number of hydrogen-bond acceptors (Lipinski definition) is 2. The van der Waals surface area contributed by atoms with Gasteiger partial charge in [0.2, 0.25) is 0 Å². The molecular formula is C14H16Cl2N2O. The van der Waals surface area contributed by atoms with Crippen LogP contribution in [-0.2, 0) is 13.6 Å². The summed E-state index contributed by atoms with van der Waals surface area (Å²) in [7, 11) is 1.98. The molecule has 102 valence electrons. The molecule has 2 aromatic rings. The van der Waals surface area contributed by atoms with Gasteiger partial charge in [0.15, 0.2) is 0 Å². The van der Waals surface area contributed by atoms with Gasteiger partial charge >= 0.3 is 0 Å². The van der Waals surface area contributed by atoms with E-state index < -0.39 is 6.10 Å². The van der Waals surface area contributed by atoms with Crippen LogP contribution in [0.2, 0.25) is 10.0 Å². The van der Waals surface area contributed by atoms with Crippen molar-refractivity contribution in [3.05, 3.63) is 57.8 Å². The minimum atomic E-state index is -0.721. The Morgan fingerprint density at radius 3 is 2.47 bits per heavy atom. The molecule has 0 aliphatic carbocycles. The Kier molecular flexibility index (Phi) is 4.88. The number of benzene rings is 1. The molecule has 0 fully saturated rings. The van der Waals surface area contributed by atoms with E-state index in [1.165, 1.54) is 0 Å². The quantitative estimate of drug-likeness (QED) is 0.890. The van der Waals surface area contributed by atoms with E-state index in [1.54, 1.807) is 18.2 Å². The smallest absolute Gasteiger partial charge is 0.0943 e. The molecule has 5 heteroatoms. The summed E-state index contributed by atoms with van der Waals surface area (Å²) in [5, 5.41) is 14.3. The Morgan fingerprint density at radius 1 is 1.21 bits per heavy atom. The summed E-state index contributed by atoms with van der Waals surface area (Å²) >= 11 is 12.1. The third-order valence-electron chi connectivity index (χ3n) is 3.03. The third-order valence-corrected chi connectivity index (χ3v) is 3.69. The van der Waals surface area contributed by atoms with Crippen LogP contribution >= 0.6 is 23.2 Å². The van der Waals surface area contributed by atoms with E-state index in [9.17, 15) is 5.11 Å². The van der Waals surface area contributed by atoms with Crippen molar-refractivity contribution in [2.24, 2.45) is 7.05 Å². The van der Waals surface area contributed by atoms with Gasteiger partial charge in [-0.25, -0.2) is 0 Å². The largest absolute Gasteiger partial charge is 0.387 e. The number of halogens is 2. The first kappa shape index (κ1) is 14.4. The highest BCUT2D eigenvalue weighted by molar-refractivity contribution is 6.36. The van der Waals surface area contributed by atoms with Crippen molar-refractivity contribution in [2.45, 2.75) is 12.6 Å². The lowest BCUT2D eigenvalue weighted by molar-refractivity contribution is 0.174. The summed E-state index contributed by atoms with van der Waals surface area (Å²) in [6.07, 6.45) is 1.26. The molecule has 1 unspecified atom stereocenters. The van der Waals surface area contributed by atoms with Crippen LogP contribution in [-0.4, -0.2) is 16.2 Å². The van der Waals surface area contributed by atoms with Gasteiger partial charge in [0.1, 0.15) is 0 Å². The topological polar surface area (TPSA) is 37.2 Å². The fourth-order valence-electron chi connectivity index (χ4n) is 1.95. The van der Waals surface area contributed by atoms with Crippen molar-refractivity contribution in [1.29, 1.82) is 0 Å². The maximum atomic E-state index is 10.1. The van der Waals surface area contributed by atoms with Gasteiger partial charge in [0.05, 0.1) is 6.10 Å². The zero-order valence-corrected chi connectivity index (χ0v) is 12.1. The molecule has 0 saturated heterocycles. The first-order valence-corrected chi connectivity index (χ1v) is 6.78. The molecule has 1 aromatic carbocycles. The van der Waals surface area contributed by atoms with Crippen LogP contribution in [0.25, 0.3) is 0 Å². The summed E-state index contributed by atoms with van der Waals surface area (Å²) in [6, 6.07) is 9.23. The Bertz CT molecular complexity index is 534. The molecule has 0 radical (unpaired) electrons. The molecule has 1 heterocycles. The second-order valence-corrected chi connectivity index (χ2v) is 5.21. The molecule has 1 atom stereocenters. The Hall–Kier alpha value is -1.00. The summed E-state index contributed by atoms with van der Waals surface area (Å²) < 4.78 is 2.03. The second kappa shape index (κ2) is 6.44. The zero-order chi connectivity index (χ0) is 13.8. The Balaban J connectivity index is 1.95. The van der Waals surface area contributed by atoms with Crippen LogP contribution in [0, 0.1) is 0 Å². The van der Waals surface area contributed by atoms with E-state index in [0.29, 0.717) is 28.7 Å². The van der Waals surface area contributed by atoms with Gasteiger partial charge in [-0.1, -0.05) is 29.3 Å². The Labute approximate surface area is 122 Å². The lowest BCUT2D eigenvalue weighted by atomic mass is 10.1. The van der Waals surface area contributed by atoms with Crippen LogP contribution in [0.4, 0.5) is 0 Å². The highest BCUT2D eigenvalue weighted by Crippen LogP contribution is 2.29. The molecule has 3 nitrogen and oxygen atoms in total. The number of aliphatic hydroxyl groups excluding tert-OH is 1.